The first-order valence-electron chi connectivity index (χ1n) is 4.65. The molecule has 3 heteroatoms. The van der Waals surface area contributed by atoms with E-state index in [1.165, 1.54) is 0 Å². The molecule has 15 heavy (non-hydrogen) atoms. The predicted molar refractivity (Wildman–Crippen MR) is 63.8 cm³/mol. The molecule has 0 aliphatic carbocycles. The summed E-state index contributed by atoms with van der Waals surface area (Å²) >= 11 is 5.92. The Hall–Kier alpha value is -1.54. The van der Waals surface area contributed by atoms with E-state index < -0.39 is 0 Å². The summed E-state index contributed by atoms with van der Waals surface area (Å²) in [5, 5.41) is 0.724. The number of halogens is 1. The summed E-state index contributed by atoms with van der Waals surface area (Å²) in [4.78, 5) is 4.12. The Morgan fingerprint density at radius 2 is 2.00 bits per heavy atom. The van der Waals surface area contributed by atoms with Gasteiger partial charge in [-0.15, -0.1) is 0 Å². The second-order valence-electron chi connectivity index (χ2n) is 3.44. The van der Waals surface area contributed by atoms with Gasteiger partial charge in [-0.05, 0) is 36.2 Å². The quantitative estimate of drug-likeness (QED) is 0.798. The molecule has 0 amide bonds. The molecule has 1 aromatic carbocycles. The number of nitrogens with two attached hydrogens (primary N) is 1. The Morgan fingerprint density at radius 1 is 1.20 bits per heavy atom. The van der Waals surface area contributed by atoms with E-state index in [-0.39, 0.29) is 0 Å². The summed E-state index contributed by atoms with van der Waals surface area (Å²) in [6.45, 7) is 1.94. The van der Waals surface area contributed by atoms with Gasteiger partial charge in [-0.2, -0.15) is 0 Å². The Balaban J connectivity index is 2.50. The van der Waals surface area contributed by atoms with Crippen LogP contribution >= 0.6 is 11.6 Å². The fraction of sp³-hybridized carbons (Fsp3) is 0.0833. The Morgan fingerprint density at radius 3 is 2.67 bits per heavy atom. The lowest BCUT2D eigenvalue weighted by Gasteiger charge is -2.04. The molecule has 0 fully saturated rings. The minimum absolute atomic E-state index is 0.570. The maximum atomic E-state index is 5.92. The zero-order chi connectivity index (χ0) is 10.8. The number of hydrogen-bond donors (Lipinski definition) is 1. The predicted octanol–water partition coefficient (Wildman–Crippen LogP) is 3.29. The number of nitrogen functional groups attached to an aromatic ring is 1. The van der Waals surface area contributed by atoms with Gasteiger partial charge in [0.25, 0.3) is 0 Å². The molecule has 2 aromatic rings. The lowest BCUT2D eigenvalue weighted by atomic mass is 10.1. The van der Waals surface area contributed by atoms with Crippen LogP contribution in [0.5, 0.6) is 0 Å². The van der Waals surface area contributed by atoms with Crippen molar-refractivity contribution in [2.45, 2.75) is 6.92 Å². The molecule has 0 bridgehead atoms. The van der Waals surface area contributed by atoms with Gasteiger partial charge in [0.1, 0.15) is 5.82 Å². The van der Waals surface area contributed by atoms with Crippen molar-refractivity contribution in [3.8, 4) is 11.1 Å². The molecule has 0 atom stereocenters. The van der Waals surface area contributed by atoms with Crippen LogP contribution in [-0.4, -0.2) is 4.98 Å². The third-order valence-electron chi connectivity index (χ3n) is 2.28. The molecule has 0 spiro atoms. The zero-order valence-corrected chi connectivity index (χ0v) is 9.12. The van der Waals surface area contributed by atoms with Crippen molar-refractivity contribution < 1.29 is 0 Å². The second-order valence-corrected chi connectivity index (χ2v) is 3.87. The third kappa shape index (κ3) is 2.10. The number of pyridine rings is 1. The number of aromatic nitrogens is 1. The van der Waals surface area contributed by atoms with Gasteiger partial charge in [-0.1, -0.05) is 23.7 Å². The minimum Gasteiger partial charge on any atom is -0.383 e. The van der Waals surface area contributed by atoms with E-state index in [1.807, 2.05) is 37.3 Å². The van der Waals surface area contributed by atoms with E-state index in [4.69, 9.17) is 17.3 Å². The molecule has 2 N–H and O–H groups in total. The molecular formula is C12H11ClN2. The average molecular weight is 219 g/mol. The zero-order valence-electron chi connectivity index (χ0n) is 8.37. The molecule has 0 aliphatic heterocycles. The maximum Gasteiger partial charge on any atom is 0.126 e. The second kappa shape index (κ2) is 3.91. The lowest BCUT2D eigenvalue weighted by Crippen LogP contribution is -1.93. The highest BCUT2D eigenvalue weighted by molar-refractivity contribution is 6.30. The van der Waals surface area contributed by atoms with Gasteiger partial charge in [-0.3, -0.25) is 0 Å². The highest BCUT2D eigenvalue weighted by atomic mass is 35.5. The summed E-state index contributed by atoms with van der Waals surface area (Å²) in [6.07, 6.45) is 1.76. The van der Waals surface area contributed by atoms with Crippen molar-refractivity contribution in [2.75, 3.05) is 5.73 Å². The van der Waals surface area contributed by atoms with Crippen molar-refractivity contribution in [1.82, 2.24) is 4.98 Å². The van der Waals surface area contributed by atoms with Crippen LogP contribution in [0.3, 0.4) is 0 Å². The smallest absolute Gasteiger partial charge is 0.126 e. The number of benzene rings is 1. The van der Waals surface area contributed by atoms with Crippen LogP contribution in [0.1, 0.15) is 5.56 Å². The molecule has 0 unspecified atom stereocenters. The monoisotopic (exact) mass is 218 g/mol. The molecule has 0 saturated carbocycles. The number of rotatable bonds is 1. The summed E-state index contributed by atoms with van der Waals surface area (Å²) in [7, 11) is 0. The van der Waals surface area contributed by atoms with Crippen LogP contribution in [-0.2, 0) is 0 Å². The van der Waals surface area contributed by atoms with Gasteiger partial charge in [0, 0.05) is 16.8 Å². The number of aryl methyl sites for hydroxylation is 1. The molecule has 2 rings (SSSR count). The Bertz CT molecular complexity index is 495. The summed E-state index contributed by atoms with van der Waals surface area (Å²) in [6, 6.07) is 9.69. The fourth-order valence-corrected chi connectivity index (χ4v) is 1.60. The van der Waals surface area contributed by atoms with Crippen molar-refractivity contribution >= 4 is 17.4 Å². The SMILES string of the molecule is Cc1cc(-c2cccc(Cl)c2)cnc1N. The fourth-order valence-electron chi connectivity index (χ4n) is 1.41. The lowest BCUT2D eigenvalue weighted by molar-refractivity contribution is 1.28. The number of hydrogen-bond acceptors (Lipinski definition) is 2. The molecule has 2 nitrogen and oxygen atoms in total. The van der Waals surface area contributed by atoms with Crippen LogP contribution in [0.4, 0.5) is 5.82 Å². The van der Waals surface area contributed by atoms with E-state index in [0.29, 0.717) is 5.82 Å². The van der Waals surface area contributed by atoms with E-state index in [2.05, 4.69) is 4.98 Å². The Kier molecular flexibility index (Phi) is 2.60. The molecule has 76 valence electrons. The van der Waals surface area contributed by atoms with Crippen LogP contribution < -0.4 is 5.73 Å². The minimum atomic E-state index is 0.570. The normalized spacial score (nSPS) is 10.3. The van der Waals surface area contributed by atoms with Gasteiger partial charge < -0.3 is 5.73 Å². The largest absolute Gasteiger partial charge is 0.383 e. The summed E-state index contributed by atoms with van der Waals surface area (Å²) in [5.41, 5.74) is 8.72. The molecule has 0 aliphatic rings. The van der Waals surface area contributed by atoms with E-state index >= 15 is 0 Å². The average Bonchev–Trinajstić information content (AvgIpc) is 2.22. The maximum absolute atomic E-state index is 5.92. The Labute approximate surface area is 93.7 Å². The van der Waals surface area contributed by atoms with Crippen molar-refractivity contribution in [3.63, 3.8) is 0 Å². The number of nitrogens with zero attached hydrogens (tertiary/aromatic N) is 1. The summed E-state index contributed by atoms with van der Waals surface area (Å²) < 4.78 is 0. The first-order valence-corrected chi connectivity index (χ1v) is 5.02. The molecule has 0 saturated heterocycles. The van der Waals surface area contributed by atoms with Gasteiger partial charge in [-0.25, -0.2) is 4.98 Å². The van der Waals surface area contributed by atoms with Crippen LogP contribution in [0.25, 0.3) is 11.1 Å². The molecular weight excluding hydrogens is 208 g/mol. The topological polar surface area (TPSA) is 38.9 Å². The van der Waals surface area contributed by atoms with Crippen molar-refractivity contribution in [1.29, 1.82) is 0 Å². The van der Waals surface area contributed by atoms with E-state index in [9.17, 15) is 0 Å². The first kappa shape index (κ1) is 9.99. The van der Waals surface area contributed by atoms with Crippen molar-refractivity contribution in [3.05, 3.63) is 47.1 Å². The third-order valence-corrected chi connectivity index (χ3v) is 2.51. The van der Waals surface area contributed by atoms with Crippen LogP contribution in [0.2, 0.25) is 5.02 Å². The first-order chi connectivity index (χ1) is 7.16. The summed E-state index contributed by atoms with van der Waals surface area (Å²) in [5.74, 6) is 0.570. The van der Waals surface area contributed by atoms with Gasteiger partial charge >= 0.3 is 0 Å². The highest BCUT2D eigenvalue weighted by Gasteiger charge is 2.01. The van der Waals surface area contributed by atoms with Gasteiger partial charge in [0.05, 0.1) is 0 Å². The van der Waals surface area contributed by atoms with Crippen molar-refractivity contribution in [2.24, 2.45) is 0 Å². The molecule has 1 heterocycles. The van der Waals surface area contributed by atoms with Crippen LogP contribution in [0, 0.1) is 6.92 Å². The number of anilines is 1. The standard InChI is InChI=1S/C12H11ClN2/c1-8-5-10(7-15-12(8)14)9-3-2-4-11(13)6-9/h2-7H,1H3,(H2,14,15). The van der Waals surface area contributed by atoms with Gasteiger partial charge in [0.2, 0.25) is 0 Å². The van der Waals surface area contributed by atoms with Gasteiger partial charge in [0.15, 0.2) is 0 Å². The molecule has 1 aromatic heterocycles. The highest BCUT2D eigenvalue weighted by Crippen LogP contribution is 2.23. The molecule has 0 radical (unpaired) electrons. The van der Waals surface area contributed by atoms with E-state index in [0.717, 1.165) is 21.7 Å². The van der Waals surface area contributed by atoms with Crippen LogP contribution in [0.15, 0.2) is 36.5 Å². The van der Waals surface area contributed by atoms with E-state index in [1.54, 1.807) is 6.20 Å².